The van der Waals surface area contributed by atoms with Crippen molar-refractivity contribution < 1.29 is 4.39 Å². The Morgan fingerprint density at radius 3 is 2.08 bits per heavy atom. The molecule has 0 saturated carbocycles. The maximum Gasteiger partial charge on any atom is 0.123 e. The van der Waals surface area contributed by atoms with Gasteiger partial charge in [-0.05, 0) is 30.4 Å². The van der Waals surface area contributed by atoms with Gasteiger partial charge in [-0.3, -0.25) is 0 Å². The highest BCUT2D eigenvalue weighted by atomic mass is 32.1. The van der Waals surface area contributed by atoms with Crippen molar-refractivity contribution >= 4 is 12.6 Å². The zero-order valence-corrected chi connectivity index (χ0v) is 8.44. The van der Waals surface area contributed by atoms with Crippen LogP contribution in [-0.4, -0.2) is 6.26 Å². The molecule has 0 aliphatic heterocycles. The Morgan fingerprint density at radius 1 is 1.17 bits per heavy atom. The Bertz CT molecular complexity index is 193. The van der Waals surface area contributed by atoms with Crippen LogP contribution in [0.4, 0.5) is 4.39 Å². The van der Waals surface area contributed by atoms with Crippen LogP contribution in [0.15, 0.2) is 24.3 Å². The summed E-state index contributed by atoms with van der Waals surface area (Å²) < 4.78 is 12.3. The van der Waals surface area contributed by atoms with Crippen molar-refractivity contribution in [2.24, 2.45) is 0 Å². The monoisotopic (exact) mass is 186 g/mol. The molecule has 0 fully saturated rings. The van der Waals surface area contributed by atoms with Crippen LogP contribution in [0, 0.1) is 5.82 Å². The molecule has 0 radical (unpaired) electrons. The molecule has 1 aromatic carbocycles. The lowest BCUT2D eigenvalue weighted by atomic mass is 10.1. The van der Waals surface area contributed by atoms with E-state index in [1.807, 2.05) is 12.1 Å². The summed E-state index contributed by atoms with van der Waals surface area (Å²) in [5, 5.41) is 0. The number of rotatable bonds is 2. The summed E-state index contributed by atoms with van der Waals surface area (Å²) in [5.74, 6) is -0.153. The summed E-state index contributed by atoms with van der Waals surface area (Å²) in [6, 6.07) is 6.67. The lowest BCUT2D eigenvalue weighted by Crippen LogP contribution is -1.81. The van der Waals surface area contributed by atoms with Gasteiger partial charge in [-0.1, -0.05) is 25.5 Å². The van der Waals surface area contributed by atoms with E-state index >= 15 is 0 Å². The first-order valence-corrected chi connectivity index (χ1v) is 4.91. The van der Waals surface area contributed by atoms with E-state index in [0.717, 1.165) is 12.8 Å². The Labute approximate surface area is 79.2 Å². The third kappa shape index (κ3) is 4.39. The maximum absolute atomic E-state index is 12.3. The number of halogens is 1. The molecule has 0 aliphatic carbocycles. The largest absolute Gasteiger partial charge is 0.207 e. The molecular weight excluding hydrogens is 171 g/mol. The quantitative estimate of drug-likeness (QED) is 0.673. The molecule has 2 heteroatoms. The first kappa shape index (κ1) is 11.5. The van der Waals surface area contributed by atoms with Gasteiger partial charge in [0.05, 0.1) is 0 Å². The molecule has 0 heterocycles. The van der Waals surface area contributed by atoms with Crippen LogP contribution < -0.4 is 0 Å². The van der Waals surface area contributed by atoms with Crippen LogP contribution in [-0.2, 0) is 6.42 Å². The summed E-state index contributed by atoms with van der Waals surface area (Å²) in [7, 11) is 0. The Morgan fingerprint density at radius 2 is 1.67 bits per heavy atom. The molecule has 12 heavy (non-hydrogen) atoms. The zero-order chi connectivity index (χ0) is 9.40. The second-order valence-electron chi connectivity index (χ2n) is 2.38. The highest BCUT2D eigenvalue weighted by Gasteiger charge is 1.90. The van der Waals surface area contributed by atoms with Crippen molar-refractivity contribution in [1.82, 2.24) is 0 Å². The second kappa shape index (κ2) is 7.17. The lowest BCUT2D eigenvalue weighted by Gasteiger charge is -1.95. The summed E-state index contributed by atoms with van der Waals surface area (Å²) in [6.45, 7) is 2.11. The predicted molar refractivity (Wildman–Crippen MR) is 55.3 cm³/mol. The fourth-order valence-corrected chi connectivity index (χ4v) is 0.940. The van der Waals surface area contributed by atoms with Gasteiger partial charge < -0.3 is 0 Å². The van der Waals surface area contributed by atoms with Crippen LogP contribution >= 0.6 is 12.6 Å². The van der Waals surface area contributed by atoms with Gasteiger partial charge in [-0.25, -0.2) is 4.39 Å². The van der Waals surface area contributed by atoms with Crippen LogP contribution in [0.25, 0.3) is 0 Å². The first-order valence-electron chi connectivity index (χ1n) is 4.02. The molecule has 0 spiro atoms. The number of thiol groups is 1. The first-order chi connectivity index (χ1) is 5.83. The van der Waals surface area contributed by atoms with Crippen molar-refractivity contribution in [3.8, 4) is 0 Å². The van der Waals surface area contributed by atoms with Gasteiger partial charge in [-0.15, -0.1) is 0 Å². The molecule has 0 atom stereocenters. The van der Waals surface area contributed by atoms with Crippen LogP contribution in [0.1, 0.15) is 18.9 Å². The average molecular weight is 186 g/mol. The van der Waals surface area contributed by atoms with Crippen molar-refractivity contribution in [1.29, 1.82) is 0 Å². The molecule has 0 aliphatic rings. The van der Waals surface area contributed by atoms with E-state index in [9.17, 15) is 4.39 Å². The van der Waals surface area contributed by atoms with Gasteiger partial charge in [-0.2, -0.15) is 12.6 Å². The molecule has 0 bridgehead atoms. The van der Waals surface area contributed by atoms with Gasteiger partial charge in [0.15, 0.2) is 0 Å². The van der Waals surface area contributed by atoms with Crippen LogP contribution in [0.5, 0.6) is 0 Å². The third-order valence-electron chi connectivity index (χ3n) is 1.45. The molecular formula is C10H15FS. The van der Waals surface area contributed by atoms with E-state index < -0.39 is 0 Å². The lowest BCUT2D eigenvalue weighted by molar-refractivity contribution is 0.627. The molecule has 0 unspecified atom stereocenters. The topological polar surface area (TPSA) is 0 Å². The van der Waals surface area contributed by atoms with Crippen molar-refractivity contribution in [2.75, 3.05) is 6.26 Å². The molecule has 1 rings (SSSR count). The number of aryl methyl sites for hydroxylation is 1. The molecule has 0 aromatic heterocycles. The highest BCUT2D eigenvalue weighted by molar-refractivity contribution is 7.79. The van der Waals surface area contributed by atoms with Gasteiger partial charge in [0.25, 0.3) is 0 Å². The fourth-order valence-electron chi connectivity index (χ4n) is 0.940. The Kier molecular flexibility index (Phi) is 6.87. The number of benzene rings is 1. The van der Waals surface area contributed by atoms with Crippen molar-refractivity contribution in [3.63, 3.8) is 0 Å². The molecule has 0 N–H and O–H groups in total. The Hall–Kier alpha value is -0.500. The number of hydrogen-bond acceptors (Lipinski definition) is 1. The van der Waals surface area contributed by atoms with Gasteiger partial charge in [0, 0.05) is 0 Å². The van der Waals surface area contributed by atoms with Gasteiger partial charge in [0.2, 0.25) is 0 Å². The second-order valence-corrected chi connectivity index (χ2v) is 2.38. The maximum atomic E-state index is 12.3. The van der Waals surface area contributed by atoms with Gasteiger partial charge in [0.1, 0.15) is 5.82 Å². The van der Waals surface area contributed by atoms with E-state index in [4.69, 9.17) is 0 Å². The standard InChI is InChI=1S/C9H11F.CH4S/c1-2-3-8-4-6-9(10)7-5-8;1-2/h4-7H,2-3H2,1H3;2H,1H3. The predicted octanol–water partition coefficient (Wildman–Crippen LogP) is 3.32. The van der Waals surface area contributed by atoms with E-state index in [-0.39, 0.29) is 5.82 Å². The minimum absolute atomic E-state index is 0.153. The fraction of sp³-hybridized carbons (Fsp3) is 0.400. The van der Waals surface area contributed by atoms with E-state index in [0.29, 0.717) is 0 Å². The average Bonchev–Trinajstić information content (AvgIpc) is 2.13. The summed E-state index contributed by atoms with van der Waals surface area (Å²) >= 11 is 3.53. The third-order valence-corrected chi connectivity index (χ3v) is 1.45. The smallest absolute Gasteiger partial charge is 0.123 e. The van der Waals surface area contributed by atoms with E-state index in [2.05, 4.69) is 19.6 Å². The summed E-state index contributed by atoms with van der Waals surface area (Å²) in [5.41, 5.74) is 1.21. The zero-order valence-electron chi connectivity index (χ0n) is 7.55. The molecule has 1 aromatic rings. The van der Waals surface area contributed by atoms with Crippen LogP contribution in [0.3, 0.4) is 0 Å². The summed E-state index contributed by atoms with van der Waals surface area (Å²) in [6.07, 6.45) is 3.85. The SMILES string of the molecule is CCCc1ccc(F)cc1.CS. The highest BCUT2D eigenvalue weighted by Crippen LogP contribution is 2.04. The van der Waals surface area contributed by atoms with E-state index in [1.54, 1.807) is 6.26 Å². The summed E-state index contributed by atoms with van der Waals surface area (Å²) in [4.78, 5) is 0. The normalized spacial score (nSPS) is 8.67. The minimum Gasteiger partial charge on any atom is -0.207 e. The minimum atomic E-state index is -0.153. The molecule has 68 valence electrons. The molecule has 0 nitrogen and oxygen atoms in total. The van der Waals surface area contributed by atoms with Crippen LogP contribution in [0.2, 0.25) is 0 Å². The molecule has 0 saturated heterocycles. The Balaban J connectivity index is 0.000000561. The molecule has 0 amide bonds. The van der Waals surface area contributed by atoms with Gasteiger partial charge >= 0.3 is 0 Å². The van der Waals surface area contributed by atoms with Crippen molar-refractivity contribution in [2.45, 2.75) is 19.8 Å². The number of hydrogen-bond donors (Lipinski definition) is 1. The van der Waals surface area contributed by atoms with Crippen molar-refractivity contribution in [3.05, 3.63) is 35.6 Å². The van der Waals surface area contributed by atoms with E-state index in [1.165, 1.54) is 17.7 Å².